The van der Waals surface area contributed by atoms with E-state index in [1.807, 2.05) is 0 Å². The number of ether oxygens (including phenoxy) is 1. The molecule has 0 heterocycles. The molecule has 0 saturated carbocycles. The minimum atomic E-state index is -0.548. The first kappa shape index (κ1) is 13.2. The largest absolute Gasteiger partial charge is 0.456 e. The summed E-state index contributed by atoms with van der Waals surface area (Å²) in [4.78, 5) is 22.6. The lowest BCUT2D eigenvalue weighted by Crippen LogP contribution is -2.24. The number of rotatable bonds is 3. The molecule has 92 valence electrons. The molecular formula is C13H17NO3. The van der Waals surface area contributed by atoms with Crippen LogP contribution in [0, 0.1) is 0 Å². The molecule has 1 N–H and O–H groups in total. The molecule has 17 heavy (non-hydrogen) atoms. The molecule has 1 aromatic carbocycles. The number of aldehydes is 1. The fourth-order valence-electron chi connectivity index (χ4n) is 1.32. The summed E-state index contributed by atoms with van der Waals surface area (Å²) < 4.78 is 5.24. The standard InChI is InChI=1S/C13H17NO3/c1-13(2,3)17-12(16)10-5-9(8-15)6-11(7-10)14-4/h5-8,14H,1-4H3. The molecule has 0 fully saturated rings. The zero-order valence-electron chi connectivity index (χ0n) is 10.5. The van der Waals surface area contributed by atoms with Crippen molar-refractivity contribution in [1.82, 2.24) is 0 Å². The summed E-state index contributed by atoms with van der Waals surface area (Å²) in [7, 11) is 1.72. The number of carbonyl (C=O) groups is 2. The zero-order chi connectivity index (χ0) is 13.1. The fourth-order valence-corrected chi connectivity index (χ4v) is 1.32. The van der Waals surface area contributed by atoms with Crippen molar-refractivity contribution in [1.29, 1.82) is 0 Å². The van der Waals surface area contributed by atoms with Crippen LogP contribution in [0.2, 0.25) is 0 Å². The van der Waals surface area contributed by atoms with Crippen LogP contribution in [0.5, 0.6) is 0 Å². The highest BCUT2D eigenvalue weighted by Crippen LogP contribution is 2.17. The summed E-state index contributed by atoms with van der Waals surface area (Å²) in [6.45, 7) is 5.40. The van der Waals surface area contributed by atoms with Gasteiger partial charge in [0.05, 0.1) is 5.56 Å². The van der Waals surface area contributed by atoms with Crippen molar-refractivity contribution in [3.8, 4) is 0 Å². The van der Waals surface area contributed by atoms with Gasteiger partial charge in [-0.2, -0.15) is 0 Å². The Morgan fingerprint density at radius 3 is 2.41 bits per heavy atom. The van der Waals surface area contributed by atoms with Crippen LogP contribution in [-0.2, 0) is 4.74 Å². The molecule has 4 nitrogen and oxygen atoms in total. The average molecular weight is 235 g/mol. The van der Waals surface area contributed by atoms with Crippen molar-refractivity contribution in [3.05, 3.63) is 29.3 Å². The van der Waals surface area contributed by atoms with Crippen LogP contribution in [0.4, 0.5) is 5.69 Å². The third kappa shape index (κ3) is 3.90. The minimum absolute atomic E-state index is 0.369. The van der Waals surface area contributed by atoms with E-state index in [0.29, 0.717) is 23.1 Å². The summed E-state index contributed by atoms with van der Waals surface area (Å²) in [5.74, 6) is -0.433. The van der Waals surface area contributed by atoms with Crippen LogP contribution in [0.1, 0.15) is 41.5 Å². The lowest BCUT2D eigenvalue weighted by Gasteiger charge is -2.19. The van der Waals surface area contributed by atoms with Crippen LogP contribution >= 0.6 is 0 Å². The Labute approximate surface area is 101 Å². The molecular weight excluding hydrogens is 218 g/mol. The molecule has 0 amide bonds. The molecule has 0 atom stereocenters. The van der Waals surface area contributed by atoms with Gasteiger partial charge < -0.3 is 10.1 Å². The van der Waals surface area contributed by atoms with Gasteiger partial charge >= 0.3 is 5.97 Å². The first-order valence-corrected chi connectivity index (χ1v) is 5.37. The highest BCUT2D eigenvalue weighted by molar-refractivity contribution is 5.93. The monoisotopic (exact) mass is 235 g/mol. The van der Waals surface area contributed by atoms with Gasteiger partial charge in [-0.3, -0.25) is 4.79 Å². The van der Waals surface area contributed by atoms with Crippen molar-refractivity contribution < 1.29 is 14.3 Å². The van der Waals surface area contributed by atoms with Gasteiger partial charge in [0.1, 0.15) is 11.9 Å². The number of benzene rings is 1. The summed E-state index contributed by atoms with van der Waals surface area (Å²) in [5.41, 5.74) is 0.968. The number of nitrogens with one attached hydrogen (secondary N) is 1. The second kappa shape index (κ2) is 4.99. The molecule has 1 rings (SSSR count). The molecule has 1 aromatic rings. The van der Waals surface area contributed by atoms with E-state index < -0.39 is 11.6 Å². The molecule has 4 heteroatoms. The SMILES string of the molecule is CNc1cc(C=O)cc(C(=O)OC(C)(C)C)c1. The van der Waals surface area contributed by atoms with Crippen molar-refractivity contribution in [3.63, 3.8) is 0 Å². The average Bonchev–Trinajstić information content (AvgIpc) is 2.26. The number of hydrogen-bond donors (Lipinski definition) is 1. The summed E-state index contributed by atoms with van der Waals surface area (Å²) in [5, 5.41) is 2.89. The Morgan fingerprint density at radius 2 is 1.94 bits per heavy atom. The Balaban J connectivity index is 3.04. The second-order valence-electron chi connectivity index (χ2n) is 4.71. The molecule has 0 saturated heterocycles. The Morgan fingerprint density at radius 1 is 1.29 bits per heavy atom. The molecule has 0 spiro atoms. The predicted octanol–water partition coefficient (Wildman–Crippen LogP) is 2.50. The summed E-state index contributed by atoms with van der Waals surface area (Å²) in [6.07, 6.45) is 0.703. The lowest BCUT2D eigenvalue weighted by molar-refractivity contribution is 0.00696. The van der Waals surface area contributed by atoms with Crippen LogP contribution in [0.25, 0.3) is 0 Å². The highest BCUT2D eigenvalue weighted by atomic mass is 16.6. The molecule has 0 aliphatic heterocycles. The van der Waals surface area contributed by atoms with Gasteiger partial charge in [-0.1, -0.05) is 0 Å². The maximum Gasteiger partial charge on any atom is 0.338 e. The van der Waals surface area contributed by atoms with E-state index in [1.165, 1.54) is 6.07 Å². The van der Waals surface area contributed by atoms with E-state index in [9.17, 15) is 9.59 Å². The molecule has 0 unspecified atom stereocenters. The minimum Gasteiger partial charge on any atom is -0.456 e. The van der Waals surface area contributed by atoms with E-state index in [4.69, 9.17) is 4.74 Å². The highest BCUT2D eigenvalue weighted by Gasteiger charge is 2.18. The van der Waals surface area contributed by atoms with Crippen LogP contribution in [0.3, 0.4) is 0 Å². The third-order valence-corrected chi connectivity index (χ3v) is 2.01. The topological polar surface area (TPSA) is 55.4 Å². The third-order valence-electron chi connectivity index (χ3n) is 2.01. The number of anilines is 1. The van der Waals surface area contributed by atoms with E-state index in [-0.39, 0.29) is 0 Å². The van der Waals surface area contributed by atoms with E-state index >= 15 is 0 Å². The summed E-state index contributed by atoms with van der Waals surface area (Å²) in [6, 6.07) is 4.84. The Bertz CT molecular complexity index is 433. The van der Waals surface area contributed by atoms with E-state index in [2.05, 4.69) is 5.32 Å². The molecule has 0 aliphatic rings. The number of hydrogen-bond acceptors (Lipinski definition) is 4. The van der Waals surface area contributed by atoms with Gasteiger partial charge in [0.15, 0.2) is 0 Å². The smallest absolute Gasteiger partial charge is 0.338 e. The first-order valence-electron chi connectivity index (χ1n) is 5.37. The van der Waals surface area contributed by atoms with Gasteiger partial charge in [0.2, 0.25) is 0 Å². The van der Waals surface area contributed by atoms with Gasteiger partial charge in [-0.15, -0.1) is 0 Å². The van der Waals surface area contributed by atoms with Gasteiger partial charge in [0.25, 0.3) is 0 Å². The molecule has 0 bridgehead atoms. The van der Waals surface area contributed by atoms with Crippen molar-refractivity contribution in [2.75, 3.05) is 12.4 Å². The van der Waals surface area contributed by atoms with E-state index in [0.717, 1.165) is 0 Å². The summed E-state index contributed by atoms with van der Waals surface area (Å²) >= 11 is 0. The quantitative estimate of drug-likeness (QED) is 0.646. The van der Waals surface area contributed by atoms with Gasteiger partial charge in [0, 0.05) is 18.3 Å². The van der Waals surface area contributed by atoms with Crippen molar-refractivity contribution >= 4 is 17.9 Å². The van der Waals surface area contributed by atoms with E-state index in [1.54, 1.807) is 40.0 Å². The maximum absolute atomic E-state index is 11.8. The molecule has 0 radical (unpaired) electrons. The van der Waals surface area contributed by atoms with Crippen LogP contribution in [0.15, 0.2) is 18.2 Å². The molecule has 0 aliphatic carbocycles. The Hall–Kier alpha value is -1.84. The first-order chi connectivity index (χ1) is 7.85. The van der Waals surface area contributed by atoms with Crippen molar-refractivity contribution in [2.24, 2.45) is 0 Å². The number of carbonyl (C=O) groups excluding carboxylic acids is 2. The fraction of sp³-hybridized carbons (Fsp3) is 0.385. The van der Waals surface area contributed by atoms with Crippen molar-refractivity contribution in [2.45, 2.75) is 26.4 Å². The molecule has 0 aromatic heterocycles. The zero-order valence-corrected chi connectivity index (χ0v) is 10.5. The Kier molecular flexibility index (Phi) is 3.89. The predicted molar refractivity (Wildman–Crippen MR) is 66.5 cm³/mol. The second-order valence-corrected chi connectivity index (χ2v) is 4.71. The van der Waals surface area contributed by atoms with Crippen LogP contribution < -0.4 is 5.32 Å². The van der Waals surface area contributed by atoms with Crippen LogP contribution in [-0.4, -0.2) is 24.9 Å². The van der Waals surface area contributed by atoms with Gasteiger partial charge in [-0.05, 0) is 39.0 Å². The van der Waals surface area contributed by atoms with Gasteiger partial charge in [-0.25, -0.2) is 4.79 Å². The number of esters is 1. The maximum atomic E-state index is 11.8. The normalized spacial score (nSPS) is 10.8. The lowest BCUT2D eigenvalue weighted by atomic mass is 10.1.